The molecule has 1 aliphatic rings. The summed E-state index contributed by atoms with van der Waals surface area (Å²) in [4.78, 5) is 11.4. The van der Waals surface area contributed by atoms with E-state index in [1.165, 1.54) is 25.7 Å². The molecular formula is C15H28O4. The predicted octanol–water partition coefficient (Wildman–Crippen LogP) is 2.56. The van der Waals surface area contributed by atoms with E-state index in [2.05, 4.69) is 0 Å². The summed E-state index contributed by atoms with van der Waals surface area (Å²) in [6.45, 7) is 0.205. The number of ether oxygens (including phenoxy) is 1. The fourth-order valence-corrected chi connectivity index (χ4v) is 2.43. The standard InChI is InChI=1S/C15H28O4/c16-13-9-7-5-3-1-2-4-6-8-10-15(18)19-12-11-14(13)17/h13-14,16-17H,1-12H2/t13-,14-/m1/s1. The van der Waals surface area contributed by atoms with Crippen molar-refractivity contribution in [3.05, 3.63) is 0 Å². The molecule has 2 N–H and O–H groups in total. The molecule has 1 rings (SSSR count). The lowest BCUT2D eigenvalue weighted by Gasteiger charge is -2.17. The van der Waals surface area contributed by atoms with Gasteiger partial charge in [0.05, 0.1) is 18.8 Å². The van der Waals surface area contributed by atoms with Crippen molar-refractivity contribution in [3.8, 4) is 0 Å². The number of hydrogen-bond donors (Lipinski definition) is 2. The van der Waals surface area contributed by atoms with E-state index in [1.807, 2.05) is 0 Å². The molecule has 0 unspecified atom stereocenters. The Morgan fingerprint density at radius 2 is 1.32 bits per heavy atom. The first-order chi connectivity index (χ1) is 9.20. The van der Waals surface area contributed by atoms with Gasteiger partial charge in [-0.2, -0.15) is 0 Å². The topological polar surface area (TPSA) is 66.8 Å². The number of cyclic esters (lactones) is 1. The highest BCUT2D eigenvalue weighted by Gasteiger charge is 2.16. The first kappa shape index (κ1) is 16.4. The Kier molecular flexibility index (Phi) is 8.84. The molecular weight excluding hydrogens is 244 g/mol. The molecule has 0 bridgehead atoms. The van der Waals surface area contributed by atoms with Crippen molar-refractivity contribution in [1.82, 2.24) is 0 Å². The number of carbonyl (C=O) groups excluding carboxylic acids is 1. The number of aliphatic hydroxyl groups excluding tert-OH is 2. The lowest BCUT2D eigenvalue weighted by molar-refractivity contribution is -0.145. The molecule has 1 saturated heterocycles. The maximum atomic E-state index is 11.4. The molecule has 0 saturated carbocycles. The Balaban J connectivity index is 2.30. The first-order valence-electron chi connectivity index (χ1n) is 7.72. The number of hydrogen-bond acceptors (Lipinski definition) is 4. The molecule has 2 atom stereocenters. The summed E-state index contributed by atoms with van der Waals surface area (Å²) in [6.07, 6.45) is 8.87. The van der Waals surface area contributed by atoms with Crippen LogP contribution < -0.4 is 0 Å². The molecule has 0 spiro atoms. The van der Waals surface area contributed by atoms with Crippen LogP contribution in [0.5, 0.6) is 0 Å². The highest BCUT2D eigenvalue weighted by molar-refractivity contribution is 5.69. The molecule has 0 aliphatic carbocycles. The minimum absolute atomic E-state index is 0.186. The van der Waals surface area contributed by atoms with E-state index < -0.39 is 12.2 Å². The molecule has 19 heavy (non-hydrogen) atoms. The number of carbonyl (C=O) groups is 1. The second-order valence-corrected chi connectivity index (χ2v) is 5.51. The van der Waals surface area contributed by atoms with Crippen LogP contribution in [0.3, 0.4) is 0 Å². The normalized spacial score (nSPS) is 29.7. The predicted molar refractivity (Wildman–Crippen MR) is 73.8 cm³/mol. The van der Waals surface area contributed by atoms with Gasteiger partial charge in [-0.05, 0) is 12.8 Å². The van der Waals surface area contributed by atoms with Crippen molar-refractivity contribution in [3.63, 3.8) is 0 Å². The number of rotatable bonds is 0. The van der Waals surface area contributed by atoms with Crippen LogP contribution in [0.15, 0.2) is 0 Å². The highest BCUT2D eigenvalue weighted by atomic mass is 16.5. The summed E-state index contributed by atoms with van der Waals surface area (Å²) in [7, 11) is 0. The van der Waals surface area contributed by atoms with E-state index in [9.17, 15) is 15.0 Å². The molecule has 1 fully saturated rings. The summed E-state index contributed by atoms with van der Waals surface area (Å²) >= 11 is 0. The van der Waals surface area contributed by atoms with Gasteiger partial charge in [0, 0.05) is 12.8 Å². The molecule has 0 radical (unpaired) electrons. The first-order valence-corrected chi connectivity index (χ1v) is 7.72. The quantitative estimate of drug-likeness (QED) is 0.665. The molecule has 4 nitrogen and oxygen atoms in total. The zero-order chi connectivity index (χ0) is 13.9. The molecule has 1 heterocycles. The van der Waals surface area contributed by atoms with Gasteiger partial charge in [-0.1, -0.05) is 44.9 Å². The van der Waals surface area contributed by atoms with Crippen LogP contribution >= 0.6 is 0 Å². The average Bonchev–Trinajstić information content (AvgIpc) is 2.39. The number of esters is 1. The molecule has 4 heteroatoms. The van der Waals surface area contributed by atoms with E-state index in [0.717, 1.165) is 25.7 Å². The van der Waals surface area contributed by atoms with Gasteiger partial charge in [-0.15, -0.1) is 0 Å². The highest BCUT2D eigenvalue weighted by Crippen LogP contribution is 2.14. The van der Waals surface area contributed by atoms with E-state index in [0.29, 0.717) is 19.3 Å². The SMILES string of the molecule is O=C1CCCCCCCCCC[C@@H](O)[C@H](O)CCO1. The summed E-state index contributed by atoms with van der Waals surface area (Å²) in [5, 5.41) is 19.5. The lowest BCUT2D eigenvalue weighted by Crippen LogP contribution is -2.27. The molecule has 0 aromatic heterocycles. The van der Waals surface area contributed by atoms with Crippen LogP contribution in [-0.2, 0) is 9.53 Å². The fourth-order valence-electron chi connectivity index (χ4n) is 2.43. The van der Waals surface area contributed by atoms with Crippen LogP contribution in [0, 0.1) is 0 Å². The van der Waals surface area contributed by atoms with E-state index in [4.69, 9.17) is 4.74 Å². The summed E-state index contributed by atoms with van der Waals surface area (Å²) in [5.41, 5.74) is 0. The maximum Gasteiger partial charge on any atom is 0.305 e. The van der Waals surface area contributed by atoms with E-state index >= 15 is 0 Å². The van der Waals surface area contributed by atoms with Gasteiger partial charge < -0.3 is 14.9 Å². The van der Waals surface area contributed by atoms with Gasteiger partial charge in [0.2, 0.25) is 0 Å². The van der Waals surface area contributed by atoms with Gasteiger partial charge in [-0.25, -0.2) is 0 Å². The maximum absolute atomic E-state index is 11.4. The van der Waals surface area contributed by atoms with Crippen LogP contribution in [0.25, 0.3) is 0 Å². The van der Waals surface area contributed by atoms with Crippen molar-refractivity contribution in [2.24, 2.45) is 0 Å². The van der Waals surface area contributed by atoms with Crippen molar-refractivity contribution in [1.29, 1.82) is 0 Å². The summed E-state index contributed by atoms with van der Waals surface area (Å²) in [6, 6.07) is 0. The zero-order valence-corrected chi connectivity index (χ0v) is 11.9. The second-order valence-electron chi connectivity index (χ2n) is 5.51. The molecule has 0 aromatic rings. The minimum Gasteiger partial charge on any atom is -0.466 e. The Bertz CT molecular complexity index is 242. The smallest absolute Gasteiger partial charge is 0.305 e. The average molecular weight is 272 g/mol. The number of aliphatic hydroxyl groups is 2. The third-order valence-corrected chi connectivity index (χ3v) is 3.75. The monoisotopic (exact) mass is 272 g/mol. The summed E-state index contributed by atoms with van der Waals surface area (Å²) < 4.78 is 5.05. The van der Waals surface area contributed by atoms with Crippen LogP contribution in [0.4, 0.5) is 0 Å². The Morgan fingerprint density at radius 1 is 0.789 bits per heavy atom. The van der Waals surface area contributed by atoms with Crippen LogP contribution in [0.1, 0.15) is 70.6 Å². The third-order valence-electron chi connectivity index (χ3n) is 3.75. The van der Waals surface area contributed by atoms with Crippen molar-refractivity contribution in [2.45, 2.75) is 82.8 Å². The summed E-state index contributed by atoms with van der Waals surface area (Å²) in [5.74, 6) is -0.186. The Labute approximate surface area is 116 Å². The van der Waals surface area contributed by atoms with Gasteiger partial charge in [0.15, 0.2) is 0 Å². The Morgan fingerprint density at radius 3 is 2.00 bits per heavy atom. The van der Waals surface area contributed by atoms with Crippen molar-refractivity contribution >= 4 is 5.97 Å². The molecule has 112 valence electrons. The molecule has 0 aromatic carbocycles. The van der Waals surface area contributed by atoms with E-state index in [-0.39, 0.29) is 12.6 Å². The van der Waals surface area contributed by atoms with E-state index in [1.54, 1.807) is 0 Å². The van der Waals surface area contributed by atoms with Gasteiger partial charge in [0.1, 0.15) is 0 Å². The van der Waals surface area contributed by atoms with Crippen LogP contribution in [-0.4, -0.2) is 35.0 Å². The van der Waals surface area contributed by atoms with Gasteiger partial charge in [-0.3, -0.25) is 4.79 Å². The van der Waals surface area contributed by atoms with Crippen molar-refractivity contribution in [2.75, 3.05) is 6.61 Å². The fraction of sp³-hybridized carbons (Fsp3) is 0.933. The molecule has 0 amide bonds. The lowest BCUT2D eigenvalue weighted by atomic mass is 10.0. The van der Waals surface area contributed by atoms with Gasteiger partial charge in [0.25, 0.3) is 0 Å². The van der Waals surface area contributed by atoms with Crippen LogP contribution in [0.2, 0.25) is 0 Å². The van der Waals surface area contributed by atoms with Crippen molar-refractivity contribution < 1.29 is 19.7 Å². The zero-order valence-electron chi connectivity index (χ0n) is 11.9. The third kappa shape index (κ3) is 8.22. The minimum atomic E-state index is -0.777. The second kappa shape index (κ2) is 10.2. The molecule has 1 aliphatic heterocycles. The largest absolute Gasteiger partial charge is 0.466 e. The Hall–Kier alpha value is -0.610. The van der Waals surface area contributed by atoms with Gasteiger partial charge >= 0.3 is 5.97 Å².